The Morgan fingerprint density at radius 2 is 1.29 bits per heavy atom. The number of ketones is 1. The van der Waals surface area contributed by atoms with E-state index in [0.717, 1.165) is 12.5 Å². The second-order valence-electron chi connectivity index (χ2n) is 11.7. The molecule has 2 aromatic rings. The van der Waals surface area contributed by atoms with Gasteiger partial charge in [0.25, 0.3) is 0 Å². The Morgan fingerprint density at radius 3 is 1.78 bits per heavy atom. The molecule has 0 spiro atoms. The lowest BCUT2D eigenvalue weighted by Gasteiger charge is -2.10. The maximum atomic E-state index is 12.5. The minimum Gasteiger partial charge on any atom is -0.508 e. The van der Waals surface area contributed by atoms with Gasteiger partial charge in [-0.05, 0) is 43.2 Å². The number of carbonyl (C=O) groups excluding carboxylic acids is 3. The molecule has 0 bridgehead atoms. The predicted molar refractivity (Wildman–Crippen MR) is 185 cm³/mol. The zero-order valence-corrected chi connectivity index (χ0v) is 27.9. The first-order chi connectivity index (χ1) is 21.8. The van der Waals surface area contributed by atoms with Crippen LogP contribution in [-0.4, -0.2) is 29.4 Å². The van der Waals surface area contributed by atoms with E-state index in [1.54, 1.807) is 37.3 Å². The van der Waals surface area contributed by atoms with Crippen molar-refractivity contribution in [1.82, 2.24) is 5.32 Å². The number of amides is 1. The van der Waals surface area contributed by atoms with E-state index in [2.05, 4.69) is 25.4 Å². The van der Waals surface area contributed by atoms with Gasteiger partial charge in [0.15, 0.2) is 5.78 Å². The molecule has 1 amide bonds. The van der Waals surface area contributed by atoms with Crippen LogP contribution in [0.3, 0.4) is 0 Å². The molecule has 0 aliphatic carbocycles. The van der Waals surface area contributed by atoms with Crippen molar-refractivity contribution in [1.29, 1.82) is 0 Å². The number of phenolic OH excluding ortho intramolecular Hbond substituents is 1. The van der Waals surface area contributed by atoms with Crippen LogP contribution in [0.5, 0.6) is 5.75 Å². The van der Waals surface area contributed by atoms with Crippen LogP contribution in [0.15, 0.2) is 73.3 Å². The van der Waals surface area contributed by atoms with Crippen molar-refractivity contribution >= 4 is 17.7 Å². The number of hydrogen-bond donors (Lipinski definition) is 2. The number of ether oxygens (including phenoxy) is 1. The Hall–Kier alpha value is -3.67. The van der Waals surface area contributed by atoms with Gasteiger partial charge in [0.2, 0.25) is 5.91 Å². The Bertz CT molecular complexity index is 1140. The van der Waals surface area contributed by atoms with E-state index in [1.807, 2.05) is 6.07 Å². The second kappa shape index (κ2) is 25.6. The van der Waals surface area contributed by atoms with Crippen LogP contribution in [0.25, 0.3) is 0 Å². The van der Waals surface area contributed by atoms with Crippen LogP contribution >= 0.6 is 0 Å². The lowest BCUT2D eigenvalue weighted by atomic mass is 9.98. The third kappa shape index (κ3) is 19.4. The zero-order chi connectivity index (χ0) is 33.1. The third-order valence-corrected chi connectivity index (χ3v) is 7.59. The van der Waals surface area contributed by atoms with E-state index >= 15 is 0 Å². The van der Waals surface area contributed by atoms with Gasteiger partial charge in [0.05, 0.1) is 6.61 Å². The van der Waals surface area contributed by atoms with Crippen LogP contribution in [0.1, 0.15) is 138 Å². The standard InChI is InChI=1S/C22H42O2.C17H15NO3/c1-4-5-6-7-8-9-10-11-12-13-14-15-16-17-18-19-20-24-22(23)21(2)3;1-2-16(20)18-11-13-10-14(19)8-9-15(13)17(21)12-6-4-3-5-7-12/h2,4-20H2,1,3H3;2-10,19H,1,11H2,(H,18,20). The van der Waals surface area contributed by atoms with Gasteiger partial charge in [0.1, 0.15) is 5.75 Å². The van der Waals surface area contributed by atoms with Gasteiger partial charge >= 0.3 is 5.97 Å². The van der Waals surface area contributed by atoms with Gasteiger partial charge in [-0.3, -0.25) is 9.59 Å². The summed E-state index contributed by atoms with van der Waals surface area (Å²) in [7, 11) is 0. The van der Waals surface area contributed by atoms with Crippen LogP contribution in [0, 0.1) is 0 Å². The molecule has 2 rings (SSSR count). The van der Waals surface area contributed by atoms with Crippen molar-refractivity contribution < 1.29 is 24.2 Å². The van der Waals surface area contributed by atoms with Crippen LogP contribution in [0.2, 0.25) is 0 Å². The molecule has 0 heterocycles. The van der Waals surface area contributed by atoms with Gasteiger partial charge in [-0.15, -0.1) is 0 Å². The first kappa shape index (κ1) is 39.4. The third-order valence-electron chi connectivity index (χ3n) is 7.59. The van der Waals surface area contributed by atoms with Crippen molar-refractivity contribution in [2.75, 3.05) is 6.61 Å². The summed E-state index contributed by atoms with van der Waals surface area (Å²) in [4.78, 5) is 34.9. The first-order valence-electron chi connectivity index (χ1n) is 16.9. The van der Waals surface area contributed by atoms with Crippen LogP contribution in [0.4, 0.5) is 0 Å². The Balaban J connectivity index is 0.000000453. The number of rotatable bonds is 23. The number of esters is 1. The maximum Gasteiger partial charge on any atom is 0.333 e. The molecule has 6 nitrogen and oxygen atoms in total. The molecule has 45 heavy (non-hydrogen) atoms. The van der Waals surface area contributed by atoms with Gasteiger partial charge in [-0.2, -0.15) is 0 Å². The van der Waals surface area contributed by atoms with E-state index < -0.39 is 0 Å². The number of aromatic hydroxyl groups is 1. The second-order valence-corrected chi connectivity index (χ2v) is 11.7. The highest BCUT2D eigenvalue weighted by Gasteiger charge is 2.14. The highest BCUT2D eigenvalue weighted by atomic mass is 16.5. The molecule has 0 aliphatic heterocycles. The van der Waals surface area contributed by atoms with Gasteiger partial charge in [0, 0.05) is 23.2 Å². The molecule has 0 saturated carbocycles. The Morgan fingerprint density at radius 1 is 0.778 bits per heavy atom. The minimum absolute atomic E-state index is 0.0439. The summed E-state index contributed by atoms with van der Waals surface area (Å²) < 4.78 is 5.08. The monoisotopic (exact) mass is 619 g/mol. The first-order valence-corrected chi connectivity index (χ1v) is 16.9. The lowest BCUT2D eigenvalue weighted by Crippen LogP contribution is -2.21. The van der Waals surface area contributed by atoms with Crippen LogP contribution < -0.4 is 5.32 Å². The molecule has 248 valence electrons. The lowest BCUT2D eigenvalue weighted by molar-refractivity contribution is -0.139. The van der Waals surface area contributed by atoms with Gasteiger partial charge in [-0.25, -0.2) is 4.79 Å². The number of carbonyl (C=O) groups is 3. The number of phenols is 1. The number of benzene rings is 2. The molecule has 0 atom stereocenters. The molecular formula is C39H57NO5. The highest BCUT2D eigenvalue weighted by Crippen LogP contribution is 2.20. The Labute approximate surface area is 272 Å². The molecule has 0 radical (unpaired) electrons. The average Bonchev–Trinajstić information content (AvgIpc) is 3.05. The summed E-state index contributed by atoms with van der Waals surface area (Å²) in [5.41, 5.74) is 2.05. The fourth-order valence-corrected chi connectivity index (χ4v) is 4.89. The quantitative estimate of drug-likeness (QED) is 0.0559. The molecule has 0 unspecified atom stereocenters. The molecule has 0 aliphatic rings. The zero-order valence-electron chi connectivity index (χ0n) is 27.9. The summed E-state index contributed by atoms with van der Waals surface area (Å²) in [6, 6.07) is 13.3. The summed E-state index contributed by atoms with van der Waals surface area (Å²) >= 11 is 0. The normalized spacial score (nSPS) is 10.4. The molecule has 2 aromatic carbocycles. The van der Waals surface area contributed by atoms with E-state index in [4.69, 9.17) is 4.74 Å². The van der Waals surface area contributed by atoms with Crippen molar-refractivity contribution in [3.05, 3.63) is 90.0 Å². The number of nitrogens with one attached hydrogen (secondary N) is 1. The van der Waals surface area contributed by atoms with Gasteiger partial charge in [-0.1, -0.05) is 147 Å². The summed E-state index contributed by atoms with van der Waals surface area (Å²) in [6.07, 6.45) is 22.9. The smallest absolute Gasteiger partial charge is 0.333 e. The SMILES string of the molecule is C=C(C)C(=O)OCCCCCCCCCCCCCCCCCC.C=CC(=O)NCc1cc(O)ccc1C(=O)c1ccccc1. The fourth-order valence-electron chi connectivity index (χ4n) is 4.89. The largest absolute Gasteiger partial charge is 0.508 e. The summed E-state index contributed by atoms with van der Waals surface area (Å²) in [5.74, 6) is -0.701. The molecule has 6 heteroatoms. The van der Waals surface area contributed by atoms with Crippen molar-refractivity contribution in [2.24, 2.45) is 0 Å². The van der Waals surface area contributed by atoms with E-state index in [0.29, 0.717) is 28.9 Å². The van der Waals surface area contributed by atoms with E-state index in [1.165, 1.54) is 108 Å². The van der Waals surface area contributed by atoms with E-state index in [9.17, 15) is 19.5 Å². The van der Waals surface area contributed by atoms with Crippen molar-refractivity contribution in [3.63, 3.8) is 0 Å². The minimum atomic E-state index is -0.337. The van der Waals surface area contributed by atoms with Gasteiger partial charge < -0.3 is 15.2 Å². The summed E-state index contributed by atoms with van der Waals surface area (Å²) in [5, 5.41) is 12.2. The number of hydrogen-bond acceptors (Lipinski definition) is 5. The highest BCUT2D eigenvalue weighted by molar-refractivity contribution is 6.10. The molecular weight excluding hydrogens is 562 g/mol. The fraction of sp³-hybridized carbons (Fsp3) is 0.513. The molecule has 2 N–H and O–H groups in total. The van der Waals surface area contributed by atoms with Crippen molar-refractivity contribution in [3.8, 4) is 5.75 Å². The summed E-state index contributed by atoms with van der Waals surface area (Å²) in [6.45, 7) is 11.6. The molecule has 0 aromatic heterocycles. The van der Waals surface area contributed by atoms with Crippen molar-refractivity contribution in [2.45, 2.75) is 123 Å². The van der Waals surface area contributed by atoms with Crippen LogP contribution in [-0.2, 0) is 20.9 Å². The maximum absolute atomic E-state index is 12.5. The molecule has 0 saturated heterocycles. The molecule has 0 fully saturated rings. The average molecular weight is 620 g/mol. The predicted octanol–water partition coefficient (Wildman–Crippen LogP) is 9.79. The number of unbranched alkanes of at least 4 members (excludes halogenated alkanes) is 15. The Kier molecular flexibility index (Phi) is 22.4. The topological polar surface area (TPSA) is 92.7 Å². The van der Waals surface area contributed by atoms with E-state index in [-0.39, 0.29) is 30.0 Å².